The molecule has 1 saturated heterocycles. The van der Waals surface area contributed by atoms with Crippen molar-refractivity contribution in [2.24, 2.45) is 0 Å². The zero-order chi connectivity index (χ0) is 27.9. The van der Waals surface area contributed by atoms with E-state index < -0.39 is 24.4 Å². The number of rotatable bonds is 10. The van der Waals surface area contributed by atoms with Gasteiger partial charge in [0, 0.05) is 0 Å². The molecule has 202 valence electrons. The summed E-state index contributed by atoms with van der Waals surface area (Å²) < 4.78 is 30.6. The Morgan fingerprint density at radius 1 is 1.08 bits per heavy atom. The van der Waals surface area contributed by atoms with Gasteiger partial charge in [0.05, 0.1) is 23.9 Å². The molecule has 4 rings (SSSR count). The summed E-state index contributed by atoms with van der Waals surface area (Å²) in [6.45, 7) is 1.87. The number of hydrogen-bond donors (Lipinski definition) is 2. The molecule has 2 N–H and O–H groups in total. The molecule has 0 aliphatic carbocycles. The SMILES string of the molecule is CCOc1cc(/C=C2/NC(=O)N(CC(=O)Nc3ccccc3OC)C2=O)cc(Br)c1OCc1ccc(F)cc1. The molecule has 4 amide bonds. The summed E-state index contributed by atoms with van der Waals surface area (Å²) in [5, 5.41) is 5.15. The first-order valence-electron chi connectivity index (χ1n) is 11.9. The van der Waals surface area contributed by atoms with E-state index >= 15 is 0 Å². The van der Waals surface area contributed by atoms with E-state index in [1.165, 1.54) is 25.3 Å². The number of methoxy groups -OCH3 is 1. The van der Waals surface area contributed by atoms with Gasteiger partial charge in [0.1, 0.15) is 30.4 Å². The smallest absolute Gasteiger partial charge is 0.329 e. The number of nitrogens with zero attached hydrogens (tertiary/aromatic N) is 1. The van der Waals surface area contributed by atoms with Gasteiger partial charge in [0.15, 0.2) is 11.5 Å². The Bertz CT molecular complexity index is 1430. The fraction of sp³-hybridized carbons (Fsp3) is 0.179. The van der Waals surface area contributed by atoms with Crippen LogP contribution in [-0.2, 0) is 16.2 Å². The van der Waals surface area contributed by atoms with Crippen LogP contribution < -0.4 is 24.8 Å². The highest BCUT2D eigenvalue weighted by molar-refractivity contribution is 9.10. The number of urea groups is 1. The van der Waals surface area contributed by atoms with Crippen LogP contribution in [0.1, 0.15) is 18.1 Å². The monoisotopic (exact) mass is 597 g/mol. The summed E-state index contributed by atoms with van der Waals surface area (Å²) in [5.74, 6) is -0.263. The summed E-state index contributed by atoms with van der Waals surface area (Å²) in [6.07, 6.45) is 1.48. The van der Waals surface area contributed by atoms with E-state index in [1.54, 1.807) is 48.5 Å². The number of halogens is 2. The molecule has 3 aromatic carbocycles. The van der Waals surface area contributed by atoms with Gasteiger partial charge in [-0.3, -0.25) is 9.59 Å². The summed E-state index contributed by atoms with van der Waals surface area (Å²) in [4.78, 5) is 38.8. The van der Waals surface area contributed by atoms with Crippen molar-refractivity contribution in [1.82, 2.24) is 10.2 Å². The molecule has 39 heavy (non-hydrogen) atoms. The Morgan fingerprint density at radius 2 is 1.82 bits per heavy atom. The van der Waals surface area contributed by atoms with Crippen molar-refractivity contribution in [3.05, 3.63) is 87.8 Å². The summed E-state index contributed by atoms with van der Waals surface area (Å²) in [7, 11) is 1.47. The highest BCUT2D eigenvalue weighted by Crippen LogP contribution is 2.38. The predicted octanol–water partition coefficient (Wildman–Crippen LogP) is 5.11. The van der Waals surface area contributed by atoms with Crippen LogP contribution in [0.3, 0.4) is 0 Å². The van der Waals surface area contributed by atoms with Crippen molar-refractivity contribution in [3.63, 3.8) is 0 Å². The summed E-state index contributed by atoms with van der Waals surface area (Å²) >= 11 is 3.48. The molecule has 9 nitrogen and oxygen atoms in total. The van der Waals surface area contributed by atoms with E-state index in [0.717, 1.165) is 10.5 Å². The minimum Gasteiger partial charge on any atom is -0.495 e. The van der Waals surface area contributed by atoms with Crippen LogP contribution in [0.4, 0.5) is 14.9 Å². The molecule has 3 aromatic rings. The van der Waals surface area contributed by atoms with Crippen LogP contribution in [0.2, 0.25) is 0 Å². The van der Waals surface area contributed by atoms with Gasteiger partial charge < -0.3 is 24.8 Å². The molecule has 1 aliphatic rings. The van der Waals surface area contributed by atoms with Crippen molar-refractivity contribution >= 4 is 45.5 Å². The Hall–Kier alpha value is -4.38. The minimum absolute atomic E-state index is 0.000536. The molecule has 0 saturated carbocycles. The molecule has 0 unspecified atom stereocenters. The second-order valence-electron chi connectivity index (χ2n) is 8.31. The first kappa shape index (κ1) is 27.6. The summed E-state index contributed by atoms with van der Waals surface area (Å²) in [5.41, 5.74) is 1.73. The molecule has 0 bridgehead atoms. The van der Waals surface area contributed by atoms with Crippen LogP contribution in [0.25, 0.3) is 6.08 Å². The van der Waals surface area contributed by atoms with Gasteiger partial charge in [-0.15, -0.1) is 0 Å². The number of ether oxygens (including phenoxy) is 3. The molecule has 1 fully saturated rings. The predicted molar refractivity (Wildman–Crippen MR) is 146 cm³/mol. The maximum Gasteiger partial charge on any atom is 0.329 e. The molecule has 1 aliphatic heterocycles. The number of carbonyl (C=O) groups excluding carboxylic acids is 3. The number of hydrogen-bond acceptors (Lipinski definition) is 6. The Morgan fingerprint density at radius 3 is 2.54 bits per heavy atom. The average Bonchev–Trinajstić information content (AvgIpc) is 3.16. The van der Waals surface area contributed by atoms with E-state index in [4.69, 9.17) is 14.2 Å². The second kappa shape index (κ2) is 12.4. The lowest BCUT2D eigenvalue weighted by molar-refractivity contribution is -0.127. The maximum absolute atomic E-state index is 13.2. The molecule has 1 heterocycles. The zero-order valence-corrected chi connectivity index (χ0v) is 22.7. The third kappa shape index (κ3) is 6.74. The number of imide groups is 1. The first-order chi connectivity index (χ1) is 18.8. The molecule has 0 atom stereocenters. The van der Waals surface area contributed by atoms with Crippen molar-refractivity contribution in [1.29, 1.82) is 0 Å². The van der Waals surface area contributed by atoms with Gasteiger partial charge >= 0.3 is 6.03 Å². The molecule has 11 heteroatoms. The van der Waals surface area contributed by atoms with E-state index in [0.29, 0.717) is 39.6 Å². The fourth-order valence-electron chi connectivity index (χ4n) is 3.77. The zero-order valence-electron chi connectivity index (χ0n) is 21.1. The molecule has 0 spiro atoms. The van der Waals surface area contributed by atoms with Gasteiger partial charge in [-0.05, 0) is 76.5 Å². The molecular weight excluding hydrogens is 573 g/mol. The Balaban J connectivity index is 1.49. The standard InChI is InChI=1S/C28H25BrFN3O6/c1-3-38-24-14-18(12-20(29)26(24)39-16-17-8-10-19(30)11-9-17)13-22-27(35)33(28(36)32-22)15-25(34)31-21-6-4-5-7-23(21)37-2/h4-14H,3,15-16H2,1-2H3,(H,31,34)(H,32,36)/b22-13+. The average molecular weight is 598 g/mol. The fourth-order valence-corrected chi connectivity index (χ4v) is 4.35. The number of carbonyl (C=O) groups is 3. The number of anilines is 1. The number of benzene rings is 3. The molecule has 0 aromatic heterocycles. The Kier molecular flexibility index (Phi) is 8.82. The van der Waals surface area contributed by atoms with Crippen molar-refractivity contribution in [2.45, 2.75) is 13.5 Å². The van der Waals surface area contributed by atoms with E-state index in [-0.39, 0.29) is 18.1 Å². The van der Waals surface area contributed by atoms with E-state index in [1.807, 2.05) is 6.92 Å². The van der Waals surface area contributed by atoms with Gasteiger partial charge in [-0.2, -0.15) is 0 Å². The van der Waals surface area contributed by atoms with Crippen LogP contribution >= 0.6 is 15.9 Å². The van der Waals surface area contributed by atoms with E-state index in [2.05, 4.69) is 26.6 Å². The minimum atomic E-state index is -0.718. The number of amides is 4. The molecular formula is C28H25BrFN3O6. The quantitative estimate of drug-likeness (QED) is 0.249. The third-order valence-corrected chi connectivity index (χ3v) is 6.17. The van der Waals surface area contributed by atoms with E-state index in [9.17, 15) is 18.8 Å². The molecule has 0 radical (unpaired) electrons. The lowest BCUT2D eigenvalue weighted by atomic mass is 10.1. The second-order valence-corrected chi connectivity index (χ2v) is 9.16. The largest absolute Gasteiger partial charge is 0.495 e. The van der Waals surface area contributed by atoms with Crippen molar-refractivity contribution in [2.75, 3.05) is 25.6 Å². The van der Waals surface area contributed by atoms with Crippen LogP contribution in [-0.4, -0.2) is 43.0 Å². The first-order valence-corrected chi connectivity index (χ1v) is 12.7. The lowest BCUT2D eigenvalue weighted by Crippen LogP contribution is -2.38. The highest BCUT2D eigenvalue weighted by atomic mass is 79.9. The van der Waals surface area contributed by atoms with Gasteiger partial charge in [-0.1, -0.05) is 24.3 Å². The third-order valence-electron chi connectivity index (χ3n) is 5.58. The van der Waals surface area contributed by atoms with Gasteiger partial charge in [0.25, 0.3) is 5.91 Å². The summed E-state index contributed by atoms with van der Waals surface area (Å²) in [6, 6.07) is 15.4. The van der Waals surface area contributed by atoms with Crippen LogP contribution in [0.15, 0.2) is 70.8 Å². The number of para-hydroxylation sites is 2. The topological polar surface area (TPSA) is 106 Å². The lowest BCUT2D eigenvalue weighted by Gasteiger charge is -2.15. The van der Waals surface area contributed by atoms with Crippen LogP contribution in [0.5, 0.6) is 17.2 Å². The van der Waals surface area contributed by atoms with Crippen LogP contribution in [0, 0.1) is 5.82 Å². The van der Waals surface area contributed by atoms with Crippen molar-refractivity contribution in [3.8, 4) is 17.2 Å². The highest BCUT2D eigenvalue weighted by Gasteiger charge is 2.35. The number of nitrogens with one attached hydrogen (secondary N) is 2. The Labute approximate surface area is 232 Å². The van der Waals surface area contributed by atoms with Gasteiger partial charge in [-0.25, -0.2) is 14.1 Å². The van der Waals surface area contributed by atoms with Gasteiger partial charge in [0.2, 0.25) is 5.91 Å². The maximum atomic E-state index is 13.2. The van der Waals surface area contributed by atoms with Crippen molar-refractivity contribution < 1.29 is 33.0 Å². The normalized spacial score (nSPS) is 13.8.